The fourth-order valence-corrected chi connectivity index (χ4v) is 5.28. The number of thioether (sulfide) groups is 1. The van der Waals surface area contributed by atoms with Crippen LogP contribution >= 0.6 is 59.5 Å². The Morgan fingerprint density at radius 1 is 1.19 bits per heavy atom. The summed E-state index contributed by atoms with van der Waals surface area (Å²) in [6.45, 7) is 2.74. The standard InChI is InChI=1S/C20H22ClN5OS2.2ClH/c1-28-17-11-16-18(29-17)19(24-12-23-16)25-6-8-26(9-7-25)20(27)15(22)10-13-2-4-14(21)5-3-13;;/h2-5,11-12,15H,6-10,22H2,1H3;2*1H. The summed E-state index contributed by atoms with van der Waals surface area (Å²) in [6, 6.07) is 9.03. The van der Waals surface area contributed by atoms with Gasteiger partial charge in [0.15, 0.2) is 0 Å². The molecule has 168 valence electrons. The number of aromatic nitrogens is 2. The number of halogens is 3. The Balaban J connectivity index is 0.00000171. The van der Waals surface area contributed by atoms with Gasteiger partial charge in [-0.2, -0.15) is 0 Å². The zero-order valence-corrected chi connectivity index (χ0v) is 20.9. The van der Waals surface area contributed by atoms with Crippen LogP contribution in [0.1, 0.15) is 5.56 Å². The second-order valence-corrected chi connectivity index (χ2v) is 9.53. The SMILES string of the molecule is CSc1cc2ncnc(N3CCN(C(=O)C(N)Cc4ccc(Cl)cc4)CC3)c2s1.Cl.Cl. The first kappa shape index (κ1) is 26.0. The van der Waals surface area contributed by atoms with Crippen LogP contribution < -0.4 is 10.6 Å². The van der Waals surface area contributed by atoms with Gasteiger partial charge in [0.2, 0.25) is 5.91 Å². The summed E-state index contributed by atoms with van der Waals surface area (Å²) in [4.78, 5) is 25.8. The minimum atomic E-state index is -0.546. The Bertz CT molecular complexity index is 1010. The predicted octanol–water partition coefficient (Wildman–Crippen LogP) is 4.13. The van der Waals surface area contributed by atoms with Crippen molar-refractivity contribution < 1.29 is 4.79 Å². The summed E-state index contributed by atoms with van der Waals surface area (Å²) in [5, 5.41) is 0.680. The van der Waals surface area contributed by atoms with E-state index in [9.17, 15) is 4.79 Å². The number of rotatable bonds is 5. The summed E-state index contributed by atoms with van der Waals surface area (Å²) >= 11 is 9.36. The molecule has 2 aromatic heterocycles. The number of hydrogen-bond donors (Lipinski definition) is 1. The van der Waals surface area contributed by atoms with Crippen molar-refractivity contribution in [3.63, 3.8) is 0 Å². The highest BCUT2D eigenvalue weighted by atomic mass is 35.5. The van der Waals surface area contributed by atoms with Crippen LogP contribution in [-0.4, -0.2) is 59.3 Å². The molecule has 11 heteroatoms. The predicted molar refractivity (Wildman–Crippen MR) is 136 cm³/mol. The number of carbonyl (C=O) groups excluding carboxylic acids is 1. The van der Waals surface area contributed by atoms with Crippen molar-refractivity contribution in [3.8, 4) is 0 Å². The van der Waals surface area contributed by atoms with Crippen molar-refractivity contribution in [3.05, 3.63) is 47.2 Å². The van der Waals surface area contributed by atoms with Crippen LogP contribution in [0.15, 0.2) is 40.9 Å². The van der Waals surface area contributed by atoms with Crippen molar-refractivity contribution in [1.82, 2.24) is 14.9 Å². The van der Waals surface area contributed by atoms with Gasteiger partial charge in [-0.25, -0.2) is 9.97 Å². The molecule has 0 bridgehead atoms. The lowest BCUT2D eigenvalue weighted by atomic mass is 10.1. The Kier molecular flexibility index (Phi) is 9.66. The molecular formula is C20H24Cl3N5OS2. The lowest BCUT2D eigenvalue weighted by Gasteiger charge is -2.36. The molecule has 0 saturated carbocycles. The number of anilines is 1. The van der Waals surface area contributed by atoms with E-state index in [-0.39, 0.29) is 30.7 Å². The van der Waals surface area contributed by atoms with Gasteiger partial charge >= 0.3 is 0 Å². The van der Waals surface area contributed by atoms with Crippen LogP contribution in [0.25, 0.3) is 10.2 Å². The quantitative estimate of drug-likeness (QED) is 0.510. The van der Waals surface area contributed by atoms with E-state index in [4.69, 9.17) is 17.3 Å². The van der Waals surface area contributed by atoms with Crippen molar-refractivity contribution in [2.75, 3.05) is 37.3 Å². The molecule has 4 rings (SSSR count). The van der Waals surface area contributed by atoms with Crippen LogP contribution in [-0.2, 0) is 11.2 Å². The molecule has 31 heavy (non-hydrogen) atoms. The van der Waals surface area contributed by atoms with Gasteiger partial charge in [-0.15, -0.1) is 47.9 Å². The summed E-state index contributed by atoms with van der Waals surface area (Å²) in [6.07, 6.45) is 4.19. The third-order valence-corrected chi connectivity index (χ3v) is 7.48. The first-order chi connectivity index (χ1) is 14.0. The molecule has 1 unspecified atom stereocenters. The molecule has 1 aliphatic rings. The van der Waals surface area contributed by atoms with Crippen molar-refractivity contribution >= 4 is 81.5 Å². The normalized spacial score (nSPS) is 14.7. The molecule has 1 atom stereocenters. The second-order valence-electron chi connectivity index (χ2n) is 6.93. The maximum absolute atomic E-state index is 12.8. The molecule has 1 aromatic carbocycles. The Morgan fingerprint density at radius 2 is 1.87 bits per heavy atom. The number of nitrogens with two attached hydrogens (primary N) is 1. The number of thiophene rings is 1. The Hall–Kier alpha value is -1.29. The third kappa shape index (κ3) is 5.94. The molecule has 1 fully saturated rings. The molecule has 0 radical (unpaired) electrons. The number of piperazine rings is 1. The second kappa shape index (κ2) is 11.5. The summed E-state index contributed by atoms with van der Waals surface area (Å²) in [7, 11) is 0. The molecule has 1 amide bonds. The Labute approximate surface area is 207 Å². The number of nitrogens with zero attached hydrogens (tertiary/aromatic N) is 4. The van der Waals surface area contributed by atoms with Crippen LogP contribution in [0.3, 0.4) is 0 Å². The van der Waals surface area contributed by atoms with Gasteiger partial charge in [0.25, 0.3) is 0 Å². The smallest absolute Gasteiger partial charge is 0.239 e. The van der Waals surface area contributed by atoms with Gasteiger partial charge in [0, 0.05) is 31.2 Å². The summed E-state index contributed by atoms with van der Waals surface area (Å²) in [5.41, 5.74) is 8.19. The Morgan fingerprint density at radius 3 is 2.52 bits per heavy atom. The van der Waals surface area contributed by atoms with Crippen molar-refractivity contribution in [2.45, 2.75) is 16.7 Å². The molecule has 3 aromatic rings. The highest BCUT2D eigenvalue weighted by Crippen LogP contribution is 2.35. The molecule has 1 saturated heterocycles. The van der Waals surface area contributed by atoms with E-state index in [1.54, 1.807) is 29.4 Å². The van der Waals surface area contributed by atoms with E-state index in [1.165, 1.54) is 4.21 Å². The number of hydrogen-bond acceptors (Lipinski definition) is 7. The average molecular weight is 521 g/mol. The molecule has 3 heterocycles. The molecule has 0 spiro atoms. The number of benzene rings is 1. The molecule has 6 nitrogen and oxygen atoms in total. The fraction of sp³-hybridized carbons (Fsp3) is 0.350. The zero-order valence-electron chi connectivity index (χ0n) is 16.9. The van der Waals surface area contributed by atoms with Crippen molar-refractivity contribution in [1.29, 1.82) is 0 Å². The van der Waals surface area contributed by atoms with Gasteiger partial charge in [0.1, 0.15) is 12.1 Å². The van der Waals surface area contributed by atoms with Crippen LogP contribution in [0.4, 0.5) is 5.82 Å². The zero-order chi connectivity index (χ0) is 20.4. The maximum Gasteiger partial charge on any atom is 0.239 e. The van der Waals surface area contributed by atoms with Gasteiger partial charge in [0.05, 0.1) is 20.5 Å². The van der Waals surface area contributed by atoms with E-state index >= 15 is 0 Å². The highest BCUT2D eigenvalue weighted by molar-refractivity contribution is 8.00. The maximum atomic E-state index is 12.8. The molecular weight excluding hydrogens is 497 g/mol. The van der Waals surface area contributed by atoms with E-state index in [0.717, 1.165) is 34.7 Å². The fourth-order valence-electron chi connectivity index (χ4n) is 3.48. The molecule has 2 N–H and O–H groups in total. The summed E-state index contributed by atoms with van der Waals surface area (Å²) < 4.78 is 2.33. The van der Waals surface area contributed by atoms with E-state index in [0.29, 0.717) is 24.5 Å². The van der Waals surface area contributed by atoms with E-state index < -0.39 is 6.04 Å². The van der Waals surface area contributed by atoms with Gasteiger partial charge in [-0.3, -0.25) is 4.79 Å². The van der Waals surface area contributed by atoms with Crippen LogP contribution in [0.5, 0.6) is 0 Å². The van der Waals surface area contributed by atoms with Crippen LogP contribution in [0, 0.1) is 0 Å². The molecule has 1 aliphatic heterocycles. The van der Waals surface area contributed by atoms with Crippen LogP contribution in [0.2, 0.25) is 5.02 Å². The first-order valence-corrected chi connectivity index (χ1v) is 11.8. The number of fused-ring (bicyclic) bond motifs is 1. The first-order valence-electron chi connectivity index (χ1n) is 9.37. The van der Waals surface area contributed by atoms with Gasteiger partial charge in [-0.05, 0) is 36.4 Å². The number of carbonyl (C=O) groups is 1. The number of amides is 1. The lowest BCUT2D eigenvalue weighted by molar-refractivity contribution is -0.132. The van der Waals surface area contributed by atoms with E-state index in [2.05, 4.69) is 27.2 Å². The van der Waals surface area contributed by atoms with Crippen molar-refractivity contribution in [2.24, 2.45) is 5.73 Å². The average Bonchev–Trinajstić information content (AvgIpc) is 3.18. The minimum absolute atomic E-state index is 0. The highest BCUT2D eigenvalue weighted by Gasteiger charge is 2.27. The monoisotopic (exact) mass is 519 g/mol. The topological polar surface area (TPSA) is 75.4 Å². The lowest BCUT2D eigenvalue weighted by Crippen LogP contribution is -2.53. The van der Waals surface area contributed by atoms with E-state index in [1.807, 2.05) is 29.2 Å². The third-order valence-electron chi connectivity index (χ3n) is 5.05. The molecule has 0 aliphatic carbocycles. The minimum Gasteiger partial charge on any atom is -0.352 e. The summed E-state index contributed by atoms with van der Waals surface area (Å²) in [5.74, 6) is 0.950. The largest absolute Gasteiger partial charge is 0.352 e. The van der Waals surface area contributed by atoms with Gasteiger partial charge in [-0.1, -0.05) is 23.7 Å². The van der Waals surface area contributed by atoms with Gasteiger partial charge < -0.3 is 15.5 Å².